The van der Waals surface area contributed by atoms with Crippen molar-refractivity contribution in [2.24, 2.45) is 11.8 Å². The van der Waals surface area contributed by atoms with Crippen molar-refractivity contribution in [1.82, 2.24) is 13.9 Å². The first kappa shape index (κ1) is 18.1. The molecule has 1 N–H and O–H groups in total. The molecule has 0 unspecified atom stereocenters. The van der Waals surface area contributed by atoms with Gasteiger partial charge in [-0.05, 0) is 24.7 Å². The van der Waals surface area contributed by atoms with Gasteiger partial charge in [0.05, 0.1) is 13.2 Å². The average molecular weight is 333 g/mol. The fourth-order valence-corrected chi connectivity index (χ4v) is 4.46. The van der Waals surface area contributed by atoms with Gasteiger partial charge < -0.3 is 4.74 Å². The summed E-state index contributed by atoms with van der Waals surface area (Å²) >= 11 is 0. The minimum Gasteiger partial charge on any atom is -0.379 e. The van der Waals surface area contributed by atoms with E-state index in [1.807, 2.05) is 0 Å². The first-order chi connectivity index (χ1) is 10.4. The Balaban J connectivity index is 1.90. The summed E-state index contributed by atoms with van der Waals surface area (Å²) < 4.78 is 34.8. The van der Waals surface area contributed by atoms with Gasteiger partial charge in [0.25, 0.3) is 10.2 Å². The van der Waals surface area contributed by atoms with Crippen LogP contribution in [-0.2, 0) is 14.9 Å². The molecule has 2 fully saturated rings. The van der Waals surface area contributed by atoms with Crippen LogP contribution in [0.5, 0.6) is 0 Å². The fraction of sp³-hybridized carbons (Fsp3) is 1.00. The van der Waals surface area contributed by atoms with Gasteiger partial charge in [-0.3, -0.25) is 4.90 Å². The molecule has 0 amide bonds. The molecule has 2 rings (SSSR count). The van der Waals surface area contributed by atoms with Gasteiger partial charge in [-0.2, -0.15) is 12.7 Å². The minimum absolute atomic E-state index is 0.224. The van der Waals surface area contributed by atoms with Gasteiger partial charge in [-0.15, -0.1) is 0 Å². The zero-order valence-corrected chi connectivity index (χ0v) is 14.9. The number of hydrogen-bond acceptors (Lipinski definition) is 4. The van der Waals surface area contributed by atoms with E-state index in [-0.39, 0.29) is 6.04 Å². The number of rotatable bonds is 6. The maximum Gasteiger partial charge on any atom is 0.279 e. The van der Waals surface area contributed by atoms with E-state index in [0.29, 0.717) is 31.5 Å². The Kier molecular flexibility index (Phi) is 6.64. The minimum atomic E-state index is -3.35. The van der Waals surface area contributed by atoms with E-state index >= 15 is 0 Å². The number of ether oxygens (including phenoxy) is 1. The molecule has 2 heterocycles. The third-order valence-electron chi connectivity index (χ3n) is 4.84. The predicted octanol–water partition coefficient (Wildman–Crippen LogP) is 0.910. The standard InChI is InChI=1S/C15H31N3O3S/c1-13(2)15(17-8-10-21-11-9-17)12-16-22(19,20)18-6-4-14(3)5-7-18/h13-16H,4-12H2,1-3H3/t15-/m0/s1. The van der Waals surface area contributed by atoms with Crippen LogP contribution < -0.4 is 4.72 Å². The lowest BCUT2D eigenvalue weighted by Crippen LogP contribution is -2.53. The van der Waals surface area contributed by atoms with Crippen molar-refractivity contribution in [2.75, 3.05) is 45.9 Å². The molecular weight excluding hydrogens is 302 g/mol. The van der Waals surface area contributed by atoms with Crippen molar-refractivity contribution in [3.8, 4) is 0 Å². The van der Waals surface area contributed by atoms with Gasteiger partial charge in [-0.25, -0.2) is 4.72 Å². The van der Waals surface area contributed by atoms with Crippen LogP contribution in [0.2, 0.25) is 0 Å². The quantitative estimate of drug-likeness (QED) is 0.785. The highest BCUT2D eigenvalue weighted by Crippen LogP contribution is 2.18. The highest BCUT2D eigenvalue weighted by molar-refractivity contribution is 7.87. The molecule has 6 nitrogen and oxygen atoms in total. The molecule has 0 saturated carbocycles. The summed E-state index contributed by atoms with van der Waals surface area (Å²) in [4.78, 5) is 2.34. The van der Waals surface area contributed by atoms with Crippen LogP contribution in [0.25, 0.3) is 0 Å². The molecule has 130 valence electrons. The van der Waals surface area contributed by atoms with E-state index in [2.05, 4.69) is 30.4 Å². The zero-order valence-electron chi connectivity index (χ0n) is 14.1. The molecule has 2 aliphatic rings. The van der Waals surface area contributed by atoms with Gasteiger partial charge in [0.15, 0.2) is 0 Å². The Morgan fingerprint density at radius 1 is 1.14 bits per heavy atom. The third kappa shape index (κ3) is 4.89. The largest absolute Gasteiger partial charge is 0.379 e. The first-order valence-electron chi connectivity index (χ1n) is 8.46. The van der Waals surface area contributed by atoms with Crippen molar-refractivity contribution in [3.05, 3.63) is 0 Å². The summed E-state index contributed by atoms with van der Waals surface area (Å²) in [6.07, 6.45) is 1.91. The molecule has 0 aromatic rings. The van der Waals surface area contributed by atoms with Gasteiger partial charge in [0.1, 0.15) is 0 Å². The van der Waals surface area contributed by atoms with Crippen LogP contribution >= 0.6 is 0 Å². The molecule has 7 heteroatoms. The summed E-state index contributed by atoms with van der Waals surface area (Å²) in [5.74, 6) is 1.03. The average Bonchev–Trinajstić information content (AvgIpc) is 2.48. The molecule has 0 aliphatic carbocycles. The van der Waals surface area contributed by atoms with E-state index in [1.165, 1.54) is 0 Å². The van der Waals surface area contributed by atoms with Crippen LogP contribution in [0, 0.1) is 11.8 Å². The summed E-state index contributed by atoms with van der Waals surface area (Å²) in [7, 11) is -3.35. The highest BCUT2D eigenvalue weighted by atomic mass is 32.2. The molecule has 0 spiro atoms. The molecular formula is C15H31N3O3S. The van der Waals surface area contributed by atoms with Crippen LogP contribution in [0.15, 0.2) is 0 Å². The van der Waals surface area contributed by atoms with Crippen molar-refractivity contribution < 1.29 is 13.2 Å². The molecule has 0 aromatic carbocycles. The second-order valence-electron chi connectivity index (χ2n) is 6.89. The number of hydrogen-bond donors (Lipinski definition) is 1. The fourth-order valence-electron chi connectivity index (χ4n) is 3.20. The summed E-state index contributed by atoms with van der Waals surface area (Å²) in [6.45, 7) is 11.5. The third-order valence-corrected chi connectivity index (χ3v) is 6.42. The number of piperidine rings is 1. The summed E-state index contributed by atoms with van der Waals surface area (Å²) in [5, 5.41) is 0. The Morgan fingerprint density at radius 3 is 2.27 bits per heavy atom. The van der Waals surface area contributed by atoms with E-state index in [1.54, 1.807) is 4.31 Å². The predicted molar refractivity (Wildman–Crippen MR) is 87.9 cm³/mol. The van der Waals surface area contributed by atoms with Gasteiger partial charge in [-0.1, -0.05) is 20.8 Å². The number of nitrogens with one attached hydrogen (secondary N) is 1. The van der Waals surface area contributed by atoms with Crippen LogP contribution in [0.1, 0.15) is 33.6 Å². The van der Waals surface area contributed by atoms with E-state index in [4.69, 9.17) is 4.74 Å². The van der Waals surface area contributed by atoms with E-state index in [0.717, 1.165) is 39.1 Å². The lowest BCUT2D eigenvalue weighted by atomic mass is 10.0. The molecule has 2 aliphatic heterocycles. The van der Waals surface area contributed by atoms with Gasteiger partial charge in [0.2, 0.25) is 0 Å². The molecule has 22 heavy (non-hydrogen) atoms. The molecule has 0 bridgehead atoms. The van der Waals surface area contributed by atoms with Crippen molar-refractivity contribution in [2.45, 2.75) is 39.7 Å². The lowest BCUT2D eigenvalue weighted by Gasteiger charge is -2.37. The molecule has 2 saturated heterocycles. The van der Waals surface area contributed by atoms with E-state index in [9.17, 15) is 8.42 Å². The number of morpholine rings is 1. The van der Waals surface area contributed by atoms with Crippen molar-refractivity contribution in [3.63, 3.8) is 0 Å². The van der Waals surface area contributed by atoms with Crippen molar-refractivity contribution >= 4 is 10.2 Å². The maximum atomic E-state index is 12.5. The van der Waals surface area contributed by atoms with Crippen LogP contribution in [0.3, 0.4) is 0 Å². The van der Waals surface area contributed by atoms with Gasteiger partial charge >= 0.3 is 0 Å². The summed E-state index contributed by atoms with van der Waals surface area (Å²) in [6, 6.07) is 0.224. The molecule has 0 aromatic heterocycles. The maximum absolute atomic E-state index is 12.5. The topological polar surface area (TPSA) is 61.9 Å². The smallest absolute Gasteiger partial charge is 0.279 e. The monoisotopic (exact) mass is 333 g/mol. The second kappa shape index (κ2) is 8.06. The van der Waals surface area contributed by atoms with Crippen molar-refractivity contribution in [1.29, 1.82) is 0 Å². The molecule has 1 atom stereocenters. The normalized spacial score (nSPS) is 24.7. The van der Waals surface area contributed by atoms with Gasteiger partial charge in [0, 0.05) is 38.8 Å². The molecule has 0 radical (unpaired) electrons. The van der Waals surface area contributed by atoms with E-state index < -0.39 is 10.2 Å². The Bertz CT molecular complexity index is 427. The Morgan fingerprint density at radius 2 is 1.73 bits per heavy atom. The SMILES string of the molecule is CC1CCN(S(=O)(=O)NC[C@@H](C(C)C)N2CCOCC2)CC1. The lowest BCUT2D eigenvalue weighted by molar-refractivity contribution is 0.00767. The second-order valence-corrected chi connectivity index (χ2v) is 8.65. The first-order valence-corrected chi connectivity index (χ1v) is 9.90. The number of nitrogens with zero attached hydrogens (tertiary/aromatic N) is 2. The Hall–Kier alpha value is -0.210. The van der Waals surface area contributed by atoms with Crippen LogP contribution in [-0.4, -0.2) is 69.6 Å². The zero-order chi connectivity index (χ0) is 16.2. The van der Waals surface area contributed by atoms with Crippen LogP contribution in [0.4, 0.5) is 0 Å². The highest BCUT2D eigenvalue weighted by Gasteiger charge is 2.29. The summed E-state index contributed by atoms with van der Waals surface area (Å²) in [5.41, 5.74) is 0. The Labute approximate surface area is 135 Å².